The zero-order valence-corrected chi connectivity index (χ0v) is 90.5. The molecule has 0 unspecified atom stereocenters. The first-order valence-electron chi connectivity index (χ1n) is 52.8. The maximum absolute atomic E-state index is 11.4. The number of aromatic nitrogens is 2. The van der Waals surface area contributed by atoms with Crippen LogP contribution >= 0.6 is 0 Å². The molecule has 138 heavy (non-hydrogen) atoms. The van der Waals surface area contributed by atoms with Crippen molar-refractivity contribution >= 4 is 101 Å². The van der Waals surface area contributed by atoms with Crippen LogP contribution in [0, 0.1) is 59.6 Å². The maximum Gasteiger partial charge on any atom is 0.252 e. The fourth-order valence-corrected chi connectivity index (χ4v) is 22.9. The summed E-state index contributed by atoms with van der Waals surface area (Å²) in [6, 6.07) is 97.7. The lowest BCUT2D eigenvalue weighted by molar-refractivity contribution is 0.410. The van der Waals surface area contributed by atoms with E-state index in [1.165, 1.54) is 110 Å². The highest BCUT2D eigenvalue weighted by Crippen LogP contribution is 2.55. The summed E-state index contributed by atoms with van der Waals surface area (Å²) in [6.45, 7) is 77.1. The molecule has 0 bridgehead atoms. The Balaban J connectivity index is 1.09. The molecule has 716 valence electrons. The molecular weight excluding hydrogens is 1660 g/mol. The first kappa shape index (κ1) is 96.0. The fourth-order valence-electron chi connectivity index (χ4n) is 22.9. The first-order valence-corrected chi connectivity index (χ1v) is 51.8. The molecule has 15 aromatic rings. The standard InChI is InChI=1S/C133H161BN4/c1-123(2,3)74-85-38-34-42-94(58-85)102-72-116(104(68-98(102)83-132(28,29)30)96-44-36-40-87(60-96)76-125(7,8)9)137-118-70-100(135-112-54-46-89(78-127(13,14)15)62-106(112)107-63-90(47-55-113(107)135)79-128(16,17)18)50-52-110(118)134-111-53-51-101(136-114-56-48-91(80-129(19,20)21)64-108(114)109-65-92(49-57-115(109)136)81-130(22,23)24)71-119(111)138(121-67-93(82-131(25,26)27)66-120(137)122(121)134)117-73-103(95-43-35-39-86(59-95)75-124(4,5)6)99(84-133(31,32)33)69-105(117)97-45-37-41-88(61-97)77-126(10,11)12/h34-73H,74-84H2,1-33H3/i82D2. The molecule has 0 radical (unpaired) electrons. The minimum absolute atomic E-state index is 0.00387. The van der Waals surface area contributed by atoms with Crippen molar-refractivity contribution in [2.45, 2.75) is 299 Å². The average Bonchev–Trinajstić information content (AvgIpc) is 0.885. The van der Waals surface area contributed by atoms with Gasteiger partial charge in [0.2, 0.25) is 0 Å². The maximum atomic E-state index is 11.4. The third-order valence-electron chi connectivity index (χ3n) is 27.1. The third kappa shape index (κ3) is 22.3. The quantitative estimate of drug-likeness (QED) is 0.0750. The Hall–Kier alpha value is -10.9. The van der Waals surface area contributed by atoms with E-state index >= 15 is 0 Å². The Labute approximate surface area is 835 Å². The Morgan fingerprint density at radius 1 is 0.210 bits per heavy atom. The summed E-state index contributed by atoms with van der Waals surface area (Å²) < 4.78 is 27.9. The second-order valence-corrected chi connectivity index (χ2v) is 55.2. The number of rotatable bonds is 19. The van der Waals surface area contributed by atoms with E-state index in [-0.39, 0.29) is 54.1 Å². The lowest BCUT2D eigenvalue weighted by Gasteiger charge is -2.46. The molecule has 0 N–H and O–H groups in total. The van der Waals surface area contributed by atoms with Crippen LogP contribution in [0.15, 0.2) is 243 Å². The van der Waals surface area contributed by atoms with Crippen LogP contribution in [-0.4, -0.2) is 15.8 Å². The second kappa shape index (κ2) is 35.7. The predicted octanol–water partition coefficient (Wildman–Crippen LogP) is 36.1. The van der Waals surface area contributed by atoms with Crippen molar-refractivity contribution in [2.24, 2.45) is 59.6 Å². The number of fused-ring (bicyclic) bond motifs is 10. The van der Waals surface area contributed by atoms with Gasteiger partial charge in [0.1, 0.15) is 0 Å². The third-order valence-corrected chi connectivity index (χ3v) is 27.1. The largest absolute Gasteiger partial charge is 0.311 e. The second-order valence-electron chi connectivity index (χ2n) is 55.2. The molecule has 0 saturated heterocycles. The van der Waals surface area contributed by atoms with Crippen molar-refractivity contribution in [3.8, 4) is 55.9 Å². The average molecular weight is 1830 g/mol. The van der Waals surface area contributed by atoms with Gasteiger partial charge >= 0.3 is 0 Å². The normalized spacial score (nSPS) is 14.1. The predicted molar refractivity (Wildman–Crippen MR) is 606 cm³/mol. The van der Waals surface area contributed by atoms with Gasteiger partial charge in [0.25, 0.3) is 6.71 Å². The molecule has 5 heteroatoms. The molecule has 0 fully saturated rings. The van der Waals surface area contributed by atoms with Gasteiger partial charge in [-0.2, -0.15) is 0 Å². The van der Waals surface area contributed by atoms with Crippen LogP contribution in [0.1, 0.15) is 292 Å². The molecule has 4 nitrogen and oxygen atoms in total. The van der Waals surface area contributed by atoms with Gasteiger partial charge in [-0.1, -0.05) is 362 Å². The molecule has 2 aliphatic rings. The summed E-state index contributed by atoms with van der Waals surface area (Å²) in [6.07, 6.45) is 7.10. The summed E-state index contributed by atoms with van der Waals surface area (Å²) >= 11 is 0. The van der Waals surface area contributed by atoms with Crippen LogP contribution in [0.3, 0.4) is 0 Å². The van der Waals surface area contributed by atoms with E-state index < -0.39 is 18.5 Å². The molecule has 0 aliphatic carbocycles. The highest BCUT2D eigenvalue weighted by atomic mass is 15.2. The lowest BCUT2D eigenvalue weighted by Crippen LogP contribution is -2.61. The van der Waals surface area contributed by atoms with Crippen molar-refractivity contribution < 1.29 is 2.74 Å². The minimum atomic E-state index is -1.93. The highest BCUT2D eigenvalue weighted by molar-refractivity contribution is 7.00. The van der Waals surface area contributed by atoms with Crippen LogP contribution in [0.4, 0.5) is 34.1 Å². The van der Waals surface area contributed by atoms with Crippen molar-refractivity contribution in [1.82, 2.24) is 9.13 Å². The van der Waals surface area contributed by atoms with Crippen LogP contribution < -0.4 is 26.2 Å². The van der Waals surface area contributed by atoms with Gasteiger partial charge in [0, 0.05) is 69.5 Å². The van der Waals surface area contributed by atoms with Crippen LogP contribution in [0.2, 0.25) is 0 Å². The molecule has 0 amide bonds. The number of anilines is 6. The van der Waals surface area contributed by atoms with Gasteiger partial charge in [-0.15, -0.1) is 0 Å². The molecule has 0 spiro atoms. The molecular formula is C133H161BN4. The molecule has 4 heterocycles. The van der Waals surface area contributed by atoms with Gasteiger partial charge < -0.3 is 18.9 Å². The molecule has 2 aromatic heterocycles. The Kier molecular flexibility index (Phi) is 24.9. The zero-order chi connectivity index (χ0) is 101. The van der Waals surface area contributed by atoms with Crippen molar-refractivity contribution in [1.29, 1.82) is 0 Å². The number of hydrogen-bond donors (Lipinski definition) is 0. The summed E-state index contributed by atoms with van der Waals surface area (Å²) in [5, 5.41) is 5.02. The molecule has 17 rings (SSSR count). The number of hydrogen-bond acceptors (Lipinski definition) is 2. The van der Waals surface area contributed by atoms with E-state index in [2.05, 4.69) is 490 Å². The minimum Gasteiger partial charge on any atom is -0.311 e. The van der Waals surface area contributed by atoms with E-state index in [4.69, 9.17) is 0 Å². The Morgan fingerprint density at radius 2 is 0.464 bits per heavy atom. The van der Waals surface area contributed by atoms with E-state index in [9.17, 15) is 2.74 Å². The van der Waals surface area contributed by atoms with Gasteiger partial charge in [0.15, 0.2) is 0 Å². The van der Waals surface area contributed by atoms with E-state index in [0.29, 0.717) is 5.56 Å². The van der Waals surface area contributed by atoms with Gasteiger partial charge in [-0.05, 0) is 350 Å². The summed E-state index contributed by atoms with van der Waals surface area (Å²) in [4.78, 5) is 5.38. The van der Waals surface area contributed by atoms with Gasteiger partial charge in [-0.25, -0.2) is 0 Å². The lowest BCUT2D eigenvalue weighted by atomic mass is 9.33. The van der Waals surface area contributed by atoms with Crippen LogP contribution in [0.5, 0.6) is 0 Å². The van der Waals surface area contributed by atoms with Gasteiger partial charge in [-0.3, -0.25) is 0 Å². The monoisotopic (exact) mass is 1830 g/mol. The van der Waals surface area contributed by atoms with E-state index in [1.54, 1.807) is 0 Å². The summed E-state index contributed by atoms with van der Waals surface area (Å²) in [7, 11) is 0. The highest BCUT2D eigenvalue weighted by Gasteiger charge is 2.46. The molecule has 13 aromatic carbocycles. The number of nitrogens with zero attached hydrogens (tertiary/aromatic N) is 4. The van der Waals surface area contributed by atoms with Crippen LogP contribution in [0.25, 0.3) is 99.5 Å². The number of benzene rings is 13. The Bertz CT molecular complexity index is 6730. The van der Waals surface area contributed by atoms with Crippen LogP contribution in [-0.2, 0) is 70.6 Å². The molecule has 0 saturated carbocycles. The first-order chi connectivity index (χ1) is 64.9. The molecule has 2 aliphatic heterocycles. The molecule has 0 atom stereocenters. The fraction of sp³-hybridized carbons (Fsp3) is 0.414. The Morgan fingerprint density at radius 3 is 0.717 bits per heavy atom. The van der Waals surface area contributed by atoms with Crippen molar-refractivity contribution in [3.05, 3.63) is 304 Å². The summed E-state index contributed by atoms with van der Waals surface area (Å²) in [5.41, 5.74) is 38.5. The van der Waals surface area contributed by atoms with E-state index in [1.807, 2.05) is 0 Å². The topological polar surface area (TPSA) is 16.3 Å². The van der Waals surface area contributed by atoms with Crippen molar-refractivity contribution in [2.75, 3.05) is 9.80 Å². The van der Waals surface area contributed by atoms with Crippen molar-refractivity contribution in [3.63, 3.8) is 0 Å². The summed E-state index contributed by atoms with van der Waals surface area (Å²) in [5.74, 6) is 0. The zero-order valence-electron chi connectivity index (χ0n) is 92.5. The SMILES string of the molecule is [2H]C([2H])(c1cc2c3c(c1)N(c1cc(-c4cccc(CC(C)(C)C)c4)c(CC(C)(C)C)cc1-c1cccc(CC(C)(C)C)c1)c1cc(-n4c5ccc(CC(C)(C)C)cc5c5cc(CC(C)(C)C)ccc54)ccc1B3c1ccc(-n3c4ccc(CC(C)(C)C)cc4c4cc(CC(C)(C)C)ccc43)cc1N2c1cc(-c2cccc(CC(C)(C)C)c2)c(CC(C)(C)C)cc1-c1cccc(CC(C)(C)C)c1)C(C)(C)C. The van der Waals surface area contributed by atoms with E-state index in [0.717, 1.165) is 159 Å². The smallest absolute Gasteiger partial charge is 0.252 e. The van der Waals surface area contributed by atoms with Gasteiger partial charge in [0.05, 0.1) is 33.4 Å².